The molecule has 8 nitrogen and oxygen atoms in total. The smallest absolute Gasteiger partial charge is 0.279 e. The lowest BCUT2D eigenvalue weighted by Crippen LogP contribution is -2.30. The van der Waals surface area contributed by atoms with E-state index in [1.807, 2.05) is 0 Å². The predicted octanol–water partition coefficient (Wildman–Crippen LogP) is 4.79. The number of amides is 1. The van der Waals surface area contributed by atoms with Crippen molar-refractivity contribution in [2.75, 3.05) is 21.3 Å². The Labute approximate surface area is 189 Å². The highest BCUT2D eigenvalue weighted by Crippen LogP contribution is 2.39. The lowest BCUT2D eigenvalue weighted by Gasteiger charge is -2.22. The molecule has 0 bridgehead atoms. The highest BCUT2D eigenvalue weighted by molar-refractivity contribution is 6.33. The third-order valence-electron chi connectivity index (χ3n) is 4.88. The molecule has 0 aliphatic rings. The molecule has 3 aromatic carbocycles. The molecule has 1 atom stereocenters. The van der Waals surface area contributed by atoms with Gasteiger partial charge in [-0.25, -0.2) is 0 Å². The topological polar surface area (TPSA) is 99.9 Å². The van der Waals surface area contributed by atoms with Crippen molar-refractivity contribution >= 4 is 23.2 Å². The van der Waals surface area contributed by atoms with E-state index in [1.165, 1.54) is 33.5 Å². The number of hydrogen-bond acceptors (Lipinski definition) is 6. The van der Waals surface area contributed by atoms with Crippen molar-refractivity contribution in [1.82, 2.24) is 5.32 Å². The molecule has 1 unspecified atom stereocenters. The van der Waals surface area contributed by atoms with Crippen LogP contribution in [0.25, 0.3) is 0 Å². The molecule has 32 heavy (non-hydrogen) atoms. The first kappa shape index (κ1) is 22.9. The van der Waals surface area contributed by atoms with E-state index in [-0.39, 0.29) is 27.6 Å². The van der Waals surface area contributed by atoms with Gasteiger partial charge >= 0.3 is 0 Å². The second-order valence-corrected chi connectivity index (χ2v) is 7.09. The Hall–Kier alpha value is -3.78. The highest BCUT2D eigenvalue weighted by Gasteiger charge is 2.29. The van der Waals surface area contributed by atoms with Crippen LogP contribution in [0.5, 0.6) is 17.2 Å². The van der Waals surface area contributed by atoms with E-state index in [1.54, 1.807) is 48.5 Å². The fraction of sp³-hybridized carbons (Fsp3) is 0.174. The monoisotopic (exact) mass is 456 g/mol. The summed E-state index contributed by atoms with van der Waals surface area (Å²) in [6.45, 7) is 0. The van der Waals surface area contributed by atoms with Gasteiger partial charge in [0, 0.05) is 0 Å². The van der Waals surface area contributed by atoms with Crippen LogP contribution in [0.15, 0.2) is 60.7 Å². The number of carbonyl (C=O) groups is 1. The third kappa shape index (κ3) is 4.76. The molecule has 0 aliphatic carbocycles. The summed E-state index contributed by atoms with van der Waals surface area (Å²) in [5, 5.41) is 15.0. The Kier molecular flexibility index (Phi) is 7.17. The quantitative estimate of drug-likeness (QED) is 0.386. The van der Waals surface area contributed by atoms with E-state index < -0.39 is 16.9 Å². The number of nitro groups is 1. The zero-order valence-electron chi connectivity index (χ0n) is 17.6. The summed E-state index contributed by atoms with van der Waals surface area (Å²) in [4.78, 5) is 24.4. The minimum atomic E-state index is -0.884. The first-order valence-electron chi connectivity index (χ1n) is 9.49. The van der Waals surface area contributed by atoms with Crippen molar-refractivity contribution in [3.8, 4) is 17.2 Å². The van der Waals surface area contributed by atoms with Crippen LogP contribution in [0.2, 0.25) is 5.02 Å². The van der Waals surface area contributed by atoms with Crippen LogP contribution in [0, 0.1) is 10.1 Å². The number of halogens is 1. The van der Waals surface area contributed by atoms with Gasteiger partial charge in [-0.1, -0.05) is 35.9 Å². The van der Waals surface area contributed by atoms with E-state index in [2.05, 4.69) is 5.32 Å². The van der Waals surface area contributed by atoms with Crippen LogP contribution < -0.4 is 19.5 Å². The van der Waals surface area contributed by atoms with Crippen LogP contribution in [0.3, 0.4) is 0 Å². The second-order valence-electron chi connectivity index (χ2n) is 6.68. The molecule has 0 radical (unpaired) electrons. The highest BCUT2D eigenvalue weighted by atomic mass is 35.5. The van der Waals surface area contributed by atoms with Gasteiger partial charge in [-0.3, -0.25) is 14.9 Å². The Morgan fingerprint density at radius 3 is 2.16 bits per heavy atom. The number of ether oxygens (including phenoxy) is 3. The normalized spacial score (nSPS) is 11.4. The van der Waals surface area contributed by atoms with Gasteiger partial charge in [0.2, 0.25) is 0 Å². The van der Waals surface area contributed by atoms with Gasteiger partial charge in [0.05, 0.1) is 54.5 Å². The van der Waals surface area contributed by atoms with Crippen LogP contribution in [0.4, 0.5) is 5.69 Å². The van der Waals surface area contributed by atoms with E-state index in [0.29, 0.717) is 17.1 Å². The zero-order valence-corrected chi connectivity index (χ0v) is 18.4. The summed E-state index contributed by atoms with van der Waals surface area (Å²) >= 11 is 6.18. The number of nitrogens with zero attached hydrogens (tertiary/aromatic N) is 1. The van der Waals surface area contributed by atoms with E-state index in [4.69, 9.17) is 25.8 Å². The number of benzene rings is 3. The van der Waals surface area contributed by atoms with Gasteiger partial charge in [-0.05, 0) is 35.9 Å². The lowest BCUT2D eigenvalue weighted by atomic mass is 9.95. The Balaban J connectivity index is 2.17. The standard InChI is InChI=1S/C23H21ClN2O6/c1-30-15-10-8-14(9-11-15)22(25-23(27)16-6-4-5-7-18(16)24)17-12-20(31-2)21(32-3)13-19(17)26(28)29/h4-13,22H,1-3H3,(H,25,27). The summed E-state index contributed by atoms with van der Waals surface area (Å²) in [6.07, 6.45) is 0. The number of hydrogen-bond donors (Lipinski definition) is 1. The fourth-order valence-corrected chi connectivity index (χ4v) is 3.49. The molecule has 0 fully saturated rings. The molecular weight excluding hydrogens is 436 g/mol. The molecule has 0 saturated heterocycles. The van der Waals surface area contributed by atoms with Crippen molar-refractivity contribution in [2.24, 2.45) is 0 Å². The molecule has 0 spiro atoms. The predicted molar refractivity (Wildman–Crippen MR) is 120 cm³/mol. The van der Waals surface area contributed by atoms with Crippen LogP contribution in [-0.2, 0) is 0 Å². The molecule has 0 saturated carbocycles. The Morgan fingerprint density at radius 1 is 0.969 bits per heavy atom. The molecular formula is C23H21ClN2O6. The minimum absolute atomic E-state index is 0.203. The maximum atomic E-state index is 13.1. The fourth-order valence-electron chi connectivity index (χ4n) is 3.26. The zero-order chi connectivity index (χ0) is 23.3. The maximum absolute atomic E-state index is 13.1. The minimum Gasteiger partial charge on any atom is -0.497 e. The number of nitrogens with one attached hydrogen (secondary N) is 1. The lowest BCUT2D eigenvalue weighted by molar-refractivity contribution is -0.385. The average Bonchev–Trinajstić information content (AvgIpc) is 2.81. The average molecular weight is 457 g/mol. The molecule has 166 valence electrons. The van der Waals surface area contributed by atoms with Gasteiger partial charge in [0.25, 0.3) is 11.6 Å². The van der Waals surface area contributed by atoms with Crippen molar-refractivity contribution in [2.45, 2.75) is 6.04 Å². The van der Waals surface area contributed by atoms with Crippen molar-refractivity contribution in [1.29, 1.82) is 0 Å². The van der Waals surface area contributed by atoms with Crippen LogP contribution >= 0.6 is 11.6 Å². The van der Waals surface area contributed by atoms with Crippen LogP contribution in [0.1, 0.15) is 27.5 Å². The first-order valence-corrected chi connectivity index (χ1v) is 9.87. The van der Waals surface area contributed by atoms with Gasteiger partial charge in [-0.2, -0.15) is 0 Å². The van der Waals surface area contributed by atoms with Crippen LogP contribution in [-0.4, -0.2) is 32.2 Å². The SMILES string of the molecule is COc1ccc(C(NC(=O)c2ccccc2Cl)c2cc(OC)c(OC)cc2[N+](=O)[O-])cc1. The second kappa shape index (κ2) is 10.0. The molecule has 0 aromatic heterocycles. The molecule has 0 aliphatic heterocycles. The largest absolute Gasteiger partial charge is 0.497 e. The van der Waals surface area contributed by atoms with Crippen molar-refractivity contribution in [3.63, 3.8) is 0 Å². The molecule has 9 heteroatoms. The molecule has 0 heterocycles. The molecule has 1 N–H and O–H groups in total. The number of nitro benzene ring substituents is 1. The third-order valence-corrected chi connectivity index (χ3v) is 5.21. The number of carbonyl (C=O) groups excluding carboxylic acids is 1. The summed E-state index contributed by atoms with van der Waals surface area (Å²) < 4.78 is 15.8. The summed E-state index contributed by atoms with van der Waals surface area (Å²) in [6, 6.07) is 15.3. The van der Waals surface area contributed by atoms with Gasteiger partial charge in [-0.15, -0.1) is 0 Å². The van der Waals surface area contributed by atoms with E-state index in [9.17, 15) is 14.9 Å². The van der Waals surface area contributed by atoms with Gasteiger partial charge in [0.15, 0.2) is 11.5 Å². The molecule has 3 aromatic rings. The van der Waals surface area contributed by atoms with Crippen molar-refractivity contribution < 1.29 is 23.9 Å². The maximum Gasteiger partial charge on any atom is 0.279 e. The van der Waals surface area contributed by atoms with Gasteiger partial charge < -0.3 is 19.5 Å². The van der Waals surface area contributed by atoms with Crippen molar-refractivity contribution in [3.05, 3.63) is 92.5 Å². The molecule has 3 rings (SSSR count). The summed E-state index contributed by atoms with van der Waals surface area (Å²) in [5.41, 5.74) is 0.832. The number of rotatable bonds is 8. The molecule has 1 amide bonds. The van der Waals surface area contributed by atoms with Gasteiger partial charge in [0.1, 0.15) is 5.75 Å². The first-order chi connectivity index (χ1) is 15.4. The Morgan fingerprint density at radius 2 is 1.59 bits per heavy atom. The van der Waals surface area contributed by atoms with E-state index in [0.717, 1.165) is 0 Å². The summed E-state index contributed by atoms with van der Waals surface area (Å²) in [5.74, 6) is 0.611. The number of methoxy groups -OCH3 is 3. The summed E-state index contributed by atoms with van der Waals surface area (Å²) in [7, 11) is 4.35. The Bertz CT molecular complexity index is 1130. The van der Waals surface area contributed by atoms with E-state index >= 15 is 0 Å².